The van der Waals surface area contributed by atoms with Crippen molar-refractivity contribution < 1.29 is 27.1 Å². The van der Waals surface area contributed by atoms with E-state index in [4.69, 9.17) is 9.47 Å². The normalized spacial score (nSPS) is 23.2. The van der Waals surface area contributed by atoms with Crippen LogP contribution in [0.4, 0.5) is 4.39 Å². The molecule has 0 N–H and O–H groups in total. The fraction of sp³-hybridized carbons (Fsp3) is 0.375. The quantitative estimate of drug-likeness (QED) is 0.529. The number of hydrogen-bond donors (Lipinski definition) is 0. The first-order chi connectivity index (χ1) is 15.6. The maximum atomic E-state index is 15.1. The number of methoxy groups -OCH3 is 2. The Morgan fingerprint density at radius 2 is 1.79 bits per heavy atom. The third-order valence-electron chi connectivity index (χ3n) is 6.69. The molecule has 1 aliphatic carbocycles. The molecule has 1 spiro atoms. The third kappa shape index (κ3) is 3.75. The highest BCUT2D eigenvalue weighted by Crippen LogP contribution is 2.48. The SMILES string of the molecule is COc1ccc(CN2C(=O)C3(CC=CC3)S(=O)(=O)C[C@@]2(C)c2cc(Br)ccc2F)c(OC)c1. The largest absolute Gasteiger partial charge is 0.497 e. The summed E-state index contributed by atoms with van der Waals surface area (Å²) in [5.41, 5.74) is -0.626. The van der Waals surface area contributed by atoms with Crippen LogP contribution in [0.15, 0.2) is 53.0 Å². The van der Waals surface area contributed by atoms with E-state index >= 15 is 4.39 Å². The van der Waals surface area contributed by atoms with Gasteiger partial charge >= 0.3 is 0 Å². The van der Waals surface area contributed by atoms with Gasteiger partial charge in [0.1, 0.15) is 17.3 Å². The molecule has 0 unspecified atom stereocenters. The summed E-state index contributed by atoms with van der Waals surface area (Å²) in [5.74, 6) is -0.416. The van der Waals surface area contributed by atoms with Gasteiger partial charge in [0.25, 0.3) is 0 Å². The molecule has 1 aliphatic heterocycles. The lowest BCUT2D eigenvalue weighted by Crippen LogP contribution is -2.66. The highest BCUT2D eigenvalue weighted by Gasteiger charge is 2.62. The maximum absolute atomic E-state index is 15.1. The Morgan fingerprint density at radius 3 is 2.42 bits per heavy atom. The first-order valence-corrected chi connectivity index (χ1v) is 12.9. The minimum absolute atomic E-state index is 0.0473. The lowest BCUT2D eigenvalue weighted by Gasteiger charge is -2.50. The van der Waals surface area contributed by atoms with Gasteiger partial charge in [-0.05, 0) is 50.1 Å². The van der Waals surface area contributed by atoms with Crippen LogP contribution in [0.25, 0.3) is 0 Å². The summed E-state index contributed by atoms with van der Waals surface area (Å²) in [4.78, 5) is 15.5. The van der Waals surface area contributed by atoms with Gasteiger partial charge in [-0.1, -0.05) is 28.1 Å². The Hall–Kier alpha value is -2.39. The minimum Gasteiger partial charge on any atom is -0.497 e. The molecule has 0 aromatic heterocycles. The Kier molecular flexibility index (Phi) is 6.07. The number of nitrogens with zero attached hydrogens (tertiary/aromatic N) is 1. The first-order valence-electron chi connectivity index (χ1n) is 10.4. The van der Waals surface area contributed by atoms with Gasteiger partial charge in [-0.2, -0.15) is 0 Å². The van der Waals surface area contributed by atoms with Crippen LogP contribution in [-0.4, -0.2) is 43.9 Å². The molecule has 1 heterocycles. The van der Waals surface area contributed by atoms with Crippen molar-refractivity contribution in [2.45, 2.75) is 36.6 Å². The first kappa shape index (κ1) is 23.8. The molecule has 2 aliphatic rings. The zero-order chi connectivity index (χ0) is 24.0. The molecule has 1 saturated heterocycles. The van der Waals surface area contributed by atoms with Gasteiger partial charge in [0.15, 0.2) is 14.6 Å². The second-order valence-electron chi connectivity index (χ2n) is 8.60. The molecule has 0 saturated carbocycles. The number of carbonyl (C=O) groups excluding carboxylic acids is 1. The molecular weight excluding hydrogens is 513 g/mol. The highest BCUT2D eigenvalue weighted by atomic mass is 79.9. The van der Waals surface area contributed by atoms with Gasteiger partial charge in [-0.15, -0.1) is 0 Å². The smallest absolute Gasteiger partial charge is 0.245 e. The Labute approximate surface area is 201 Å². The summed E-state index contributed by atoms with van der Waals surface area (Å²) >= 11 is 3.35. The summed E-state index contributed by atoms with van der Waals surface area (Å²) in [5, 5.41) is 0. The Morgan fingerprint density at radius 1 is 1.09 bits per heavy atom. The van der Waals surface area contributed by atoms with E-state index in [1.807, 2.05) is 0 Å². The van der Waals surface area contributed by atoms with Crippen LogP contribution in [0.3, 0.4) is 0 Å². The molecule has 0 radical (unpaired) electrons. The van der Waals surface area contributed by atoms with Gasteiger partial charge < -0.3 is 14.4 Å². The third-order valence-corrected chi connectivity index (χ3v) is 9.82. The Bertz CT molecular complexity index is 1240. The summed E-state index contributed by atoms with van der Waals surface area (Å²) < 4.78 is 52.0. The predicted molar refractivity (Wildman–Crippen MR) is 126 cm³/mol. The van der Waals surface area contributed by atoms with Crippen molar-refractivity contribution in [3.8, 4) is 11.5 Å². The molecule has 2 aromatic carbocycles. The van der Waals surface area contributed by atoms with Crippen molar-refractivity contribution in [1.82, 2.24) is 4.90 Å². The number of ether oxygens (including phenoxy) is 2. The number of rotatable bonds is 5. The topological polar surface area (TPSA) is 72.9 Å². The molecule has 1 fully saturated rings. The number of hydrogen-bond acceptors (Lipinski definition) is 5. The predicted octanol–water partition coefficient (Wildman–Crippen LogP) is 4.37. The fourth-order valence-corrected chi connectivity index (χ4v) is 7.55. The zero-order valence-electron chi connectivity index (χ0n) is 18.6. The molecule has 33 heavy (non-hydrogen) atoms. The summed E-state index contributed by atoms with van der Waals surface area (Å²) in [6.07, 6.45) is 3.68. The molecule has 6 nitrogen and oxygen atoms in total. The molecule has 1 amide bonds. The van der Waals surface area contributed by atoms with Crippen molar-refractivity contribution in [2.75, 3.05) is 20.0 Å². The van der Waals surface area contributed by atoms with Crippen LogP contribution >= 0.6 is 15.9 Å². The standard InChI is InChI=1S/C24H25BrFNO5S/c1-23(19-12-17(25)7-9-20(19)26)15-33(29,30)24(10-4-5-11-24)22(28)27(23)14-16-6-8-18(31-2)13-21(16)32-3/h4-9,12-13H,10-11,14-15H2,1-3H3/t23-/m0/s1. The minimum atomic E-state index is -3.90. The second-order valence-corrected chi connectivity index (χ2v) is 11.8. The van der Waals surface area contributed by atoms with E-state index in [1.165, 1.54) is 25.2 Å². The average molecular weight is 538 g/mol. The van der Waals surface area contributed by atoms with Gasteiger partial charge in [-0.25, -0.2) is 12.8 Å². The highest BCUT2D eigenvalue weighted by molar-refractivity contribution is 9.10. The fourth-order valence-electron chi connectivity index (χ4n) is 4.78. The van der Waals surface area contributed by atoms with Gasteiger partial charge in [-0.3, -0.25) is 4.79 Å². The number of carbonyl (C=O) groups is 1. The van der Waals surface area contributed by atoms with Crippen LogP contribution in [-0.2, 0) is 26.7 Å². The second kappa shape index (κ2) is 8.43. The van der Waals surface area contributed by atoms with Gasteiger partial charge in [0.2, 0.25) is 5.91 Å². The molecule has 2 aromatic rings. The van der Waals surface area contributed by atoms with Crippen molar-refractivity contribution in [2.24, 2.45) is 0 Å². The molecule has 4 rings (SSSR count). The average Bonchev–Trinajstić information content (AvgIpc) is 3.29. The number of sulfone groups is 1. The van der Waals surface area contributed by atoms with Gasteiger partial charge in [0.05, 0.1) is 32.1 Å². The van der Waals surface area contributed by atoms with E-state index in [-0.39, 0.29) is 30.7 Å². The van der Waals surface area contributed by atoms with E-state index in [0.29, 0.717) is 21.5 Å². The van der Waals surface area contributed by atoms with Crippen LogP contribution in [0.1, 0.15) is 30.9 Å². The van der Waals surface area contributed by atoms with Crippen LogP contribution in [0.5, 0.6) is 11.5 Å². The van der Waals surface area contributed by atoms with E-state index in [0.717, 1.165) is 0 Å². The number of halogens is 2. The van der Waals surface area contributed by atoms with Crippen LogP contribution in [0.2, 0.25) is 0 Å². The van der Waals surface area contributed by atoms with Crippen LogP contribution in [0, 0.1) is 5.82 Å². The molecular formula is C24H25BrFNO5S. The maximum Gasteiger partial charge on any atom is 0.245 e. The lowest BCUT2D eigenvalue weighted by atomic mass is 9.88. The van der Waals surface area contributed by atoms with Crippen molar-refractivity contribution in [3.63, 3.8) is 0 Å². The van der Waals surface area contributed by atoms with E-state index < -0.39 is 31.8 Å². The Balaban J connectivity index is 1.89. The van der Waals surface area contributed by atoms with Crippen molar-refractivity contribution >= 4 is 31.7 Å². The lowest BCUT2D eigenvalue weighted by molar-refractivity contribution is -0.142. The van der Waals surface area contributed by atoms with Crippen molar-refractivity contribution in [1.29, 1.82) is 0 Å². The van der Waals surface area contributed by atoms with Crippen LogP contribution < -0.4 is 9.47 Å². The number of allylic oxidation sites excluding steroid dienone is 2. The molecule has 1 atom stereocenters. The monoisotopic (exact) mass is 537 g/mol. The number of amides is 1. The molecule has 0 bridgehead atoms. The number of benzene rings is 2. The molecule has 176 valence electrons. The summed E-state index contributed by atoms with van der Waals surface area (Å²) in [6, 6.07) is 9.57. The van der Waals surface area contributed by atoms with E-state index in [9.17, 15) is 13.2 Å². The molecule has 9 heteroatoms. The van der Waals surface area contributed by atoms with E-state index in [1.54, 1.807) is 49.4 Å². The zero-order valence-corrected chi connectivity index (χ0v) is 21.0. The van der Waals surface area contributed by atoms with E-state index in [2.05, 4.69) is 15.9 Å². The summed E-state index contributed by atoms with van der Waals surface area (Å²) in [7, 11) is -0.847. The summed E-state index contributed by atoms with van der Waals surface area (Å²) in [6.45, 7) is 1.66. The van der Waals surface area contributed by atoms with Gasteiger partial charge in [0, 0.05) is 21.7 Å². The van der Waals surface area contributed by atoms with Crippen molar-refractivity contribution in [3.05, 3.63) is 70.0 Å².